The van der Waals surface area contributed by atoms with E-state index in [-0.39, 0.29) is 18.7 Å². The predicted octanol–water partition coefficient (Wildman–Crippen LogP) is 2.76. The fraction of sp³-hybridized carbons (Fsp3) is 0.214. The number of hydrogen-bond donors (Lipinski definition) is 1. The van der Waals surface area contributed by atoms with Crippen molar-refractivity contribution in [3.63, 3.8) is 0 Å². The number of nitrogens with zero attached hydrogens (tertiary/aromatic N) is 1. The summed E-state index contributed by atoms with van der Waals surface area (Å²) in [7, 11) is 0. The van der Waals surface area contributed by atoms with Crippen LogP contribution < -0.4 is 0 Å². The van der Waals surface area contributed by atoms with Gasteiger partial charge in [-0.1, -0.05) is 18.2 Å². The van der Waals surface area contributed by atoms with Crippen molar-refractivity contribution in [1.29, 1.82) is 0 Å². The van der Waals surface area contributed by atoms with Gasteiger partial charge in [-0.25, -0.2) is 8.78 Å². The molecule has 19 heavy (non-hydrogen) atoms. The maximum Gasteiger partial charge on any atom is 0.325 e. The van der Waals surface area contributed by atoms with Crippen LogP contribution in [0.3, 0.4) is 0 Å². The van der Waals surface area contributed by atoms with Crippen LogP contribution in [0.2, 0.25) is 0 Å². The van der Waals surface area contributed by atoms with E-state index in [1.54, 1.807) is 0 Å². The van der Waals surface area contributed by atoms with Crippen LogP contribution in [0.25, 0.3) is 0 Å². The van der Waals surface area contributed by atoms with Gasteiger partial charge in [0.05, 0.1) is 0 Å². The maximum atomic E-state index is 13.7. The second-order valence-corrected chi connectivity index (χ2v) is 3.94. The number of carboxylic acids is 1. The van der Waals surface area contributed by atoms with E-state index in [9.17, 15) is 18.7 Å². The highest BCUT2D eigenvalue weighted by Crippen LogP contribution is 2.24. The Morgan fingerprint density at radius 3 is 2.32 bits per heavy atom. The average Bonchev–Trinajstić information content (AvgIpc) is 2.32. The third kappa shape index (κ3) is 3.72. The Morgan fingerprint density at radius 2 is 1.89 bits per heavy atom. The molecule has 0 aliphatic heterocycles. The van der Waals surface area contributed by atoms with E-state index in [0.717, 1.165) is 12.1 Å². The van der Waals surface area contributed by atoms with Crippen LogP contribution in [0, 0.1) is 11.6 Å². The minimum atomic E-state index is -1.21. The Kier molecular flexibility index (Phi) is 5.38. The van der Waals surface area contributed by atoms with Crippen LogP contribution in [-0.2, 0) is 4.79 Å². The lowest BCUT2D eigenvalue weighted by molar-refractivity contribution is -0.143. The van der Waals surface area contributed by atoms with Crippen LogP contribution in [-0.4, -0.2) is 29.1 Å². The van der Waals surface area contributed by atoms with Crippen molar-refractivity contribution in [2.75, 3.05) is 13.1 Å². The van der Waals surface area contributed by atoms with E-state index < -0.39 is 23.6 Å². The molecular formula is C14H15F2NO2. The third-order valence-corrected chi connectivity index (χ3v) is 2.58. The number of aliphatic carboxylic acids is 1. The van der Waals surface area contributed by atoms with Crippen molar-refractivity contribution in [2.24, 2.45) is 0 Å². The number of halogens is 2. The molecule has 1 unspecified atom stereocenters. The molecule has 0 aromatic heterocycles. The lowest BCUT2D eigenvalue weighted by Crippen LogP contribution is -2.35. The van der Waals surface area contributed by atoms with Crippen molar-refractivity contribution in [3.05, 3.63) is 60.7 Å². The third-order valence-electron chi connectivity index (χ3n) is 2.58. The Hall–Kier alpha value is -2.01. The van der Waals surface area contributed by atoms with Gasteiger partial charge < -0.3 is 5.11 Å². The number of benzene rings is 1. The zero-order chi connectivity index (χ0) is 14.4. The monoisotopic (exact) mass is 267 g/mol. The molecule has 0 amide bonds. The van der Waals surface area contributed by atoms with Gasteiger partial charge in [0.15, 0.2) is 0 Å². The lowest BCUT2D eigenvalue weighted by Gasteiger charge is -2.27. The molecule has 0 saturated heterocycles. The van der Waals surface area contributed by atoms with Crippen LogP contribution in [0.5, 0.6) is 0 Å². The first-order valence-corrected chi connectivity index (χ1v) is 5.64. The predicted molar refractivity (Wildman–Crippen MR) is 68.7 cm³/mol. The highest BCUT2D eigenvalue weighted by Gasteiger charge is 2.28. The highest BCUT2D eigenvalue weighted by molar-refractivity contribution is 5.75. The van der Waals surface area contributed by atoms with Gasteiger partial charge in [-0.15, -0.1) is 13.2 Å². The first kappa shape index (κ1) is 15.0. The molecule has 102 valence electrons. The molecule has 1 atom stereocenters. The van der Waals surface area contributed by atoms with Crippen molar-refractivity contribution >= 4 is 5.97 Å². The molecule has 0 bridgehead atoms. The molecular weight excluding hydrogens is 252 g/mol. The summed E-state index contributed by atoms with van der Waals surface area (Å²) in [6, 6.07) is 1.64. The zero-order valence-corrected chi connectivity index (χ0v) is 10.4. The van der Waals surface area contributed by atoms with Gasteiger partial charge in [0.25, 0.3) is 0 Å². The number of carboxylic acid groups (broad SMARTS) is 1. The largest absolute Gasteiger partial charge is 0.480 e. The molecule has 3 nitrogen and oxygen atoms in total. The average molecular weight is 267 g/mol. The summed E-state index contributed by atoms with van der Waals surface area (Å²) < 4.78 is 26.6. The molecule has 1 aromatic rings. The molecule has 0 aliphatic carbocycles. The Morgan fingerprint density at radius 1 is 1.32 bits per heavy atom. The Labute approximate surface area is 110 Å². The van der Waals surface area contributed by atoms with Gasteiger partial charge in [0.2, 0.25) is 0 Å². The van der Waals surface area contributed by atoms with Gasteiger partial charge in [-0.05, 0) is 6.07 Å². The fourth-order valence-corrected chi connectivity index (χ4v) is 1.83. The minimum Gasteiger partial charge on any atom is -0.480 e. The van der Waals surface area contributed by atoms with Crippen LogP contribution in [0.15, 0.2) is 43.5 Å². The van der Waals surface area contributed by atoms with E-state index in [4.69, 9.17) is 0 Å². The molecule has 0 spiro atoms. The molecule has 1 aromatic carbocycles. The summed E-state index contributed by atoms with van der Waals surface area (Å²) in [5.74, 6) is -2.84. The van der Waals surface area contributed by atoms with Crippen molar-refractivity contribution in [3.8, 4) is 0 Å². The van der Waals surface area contributed by atoms with Crippen molar-refractivity contribution in [1.82, 2.24) is 4.90 Å². The van der Waals surface area contributed by atoms with E-state index >= 15 is 0 Å². The summed E-state index contributed by atoms with van der Waals surface area (Å²) in [6.45, 7) is 7.56. The second-order valence-electron chi connectivity index (χ2n) is 3.94. The number of carbonyl (C=O) groups is 1. The highest BCUT2D eigenvalue weighted by atomic mass is 19.1. The first-order valence-electron chi connectivity index (χ1n) is 5.64. The normalized spacial score (nSPS) is 12.2. The van der Waals surface area contributed by atoms with E-state index in [2.05, 4.69) is 13.2 Å². The summed E-state index contributed by atoms with van der Waals surface area (Å²) >= 11 is 0. The van der Waals surface area contributed by atoms with Crippen LogP contribution in [0.1, 0.15) is 11.6 Å². The van der Waals surface area contributed by atoms with Crippen LogP contribution >= 0.6 is 0 Å². The quantitative estimate of drug-likeness (QED) is 0.772. The summed E-state index contributed by atoms with van der Waals surface area (Å²) in [5.41, 5.74) is -0.0856. The maximum absolute atomic E-state index is 13.7. The number of rotatable bonds is 7. The topological polar surface area (TPSA) is 40.5 Å². The molecule has 0 aliphatic rings. The lowest BCUT2D eigenvalue weighted by atomic mass is 10.0. The molecule has 1 rings (SSSR count). The molecule has 0 saturated carbocycles. The van der Waals surface area contributed by atoms with E-state index in [0.29, 0.717) is 6.07 Å². The molecule has 1 N–H and O–H groups in total. The second kappa shape index (κ2) is 6.80. The Balaban J connectivity index is 3.20. The smallest absolute Gasteiger partial charge is 0.325 e. The fourth-order valence-electron chi connectivity index (χ4n) is 1.83. The molecule has 0 fully saturated rings. The molecule has 5 heteroatoms. The standard InChI is InChI=1S/C14H15F2NO2/c1-3-7-17(8-4-2)13(14(18)19)11-6-5-10(15)9-12(11)16/h3-6,9,13H,1-2,7-8H2,(H,18,19). The summed E-state index contributed by atoms with van der Waals surface area (Å²) in [5, 5.41) is 9.27. The van der Waals surface area contributed by atoms with Crippen LogP contribution in [0.4, 0.5) is 8.78 Å². The van der Waals surface area contributed by atoms with Crippen molar-refractivity contribution < 1.29 is 18.7 Å². The van der Waals surface area contributed by atoms with Crippen molar-refractivity contribution in [2.45, 2.75) is 6.04 Å². The van der Waals surface area contributed by atoms with Gasteiger partial charge in [0.1, 0.15) is 17.7 Å². The van der Waals surface area contributed by atoms with Gasteiger partial charge in [0, 0.05) is 24.7 Å². The van der Waals surface area contributed by atoms with E-state index in [1.165, 1.54) is 17.1 Å². The van der Waals surface area contributed by atoms with E-state index in [1.807, 2.05) is 0 Å². The number of hydrogen-bond acceptors (Lipinski definition) is 2. The molecule has 0 radical (unpaired) electrons. The minimum absolute atomic E-state index is 0.0856. The SMILES string of the molecule is C=CCN(CC=C)C(C(=O)O)c1ccc(F)cc1F. The first-order chi connectivity index (χ1) is 9.01. The van der Waals surface area contributed by atoms with Gasteiger partial charge >= 0.3 is 5.97 Å². The van der Waals surface area contributed by atoms with Gasteiger partial charge in [-0.2, -0.15) is 0 Å². The zero-order valence-electron chi connectivity index (χ0n) is 10.4. The summed E-state index contributed by atoms with van der Waals surface area (Å²) in [4.78, 5) is 12.8. The summed E-state index contributed by atoms with van der Waals surface area (Å²) in [6.07, 6.45) is 3.03. The van der Waals surface area contributed by atoms with Gasteiger partial charge in [-0.3, -0.25) is 9.69 Å². The molecule has 0 heterocycles. The Bertz CT molecular complexity index is 478.